The van der Waals surface area contributed by atoms with Gasteiger partial charge in [-0.2, -0.15) is 5.26 Å². The molecule has 1 unspecified atom stereocenters. The van der Waals surface area contributed by atoms with Crippen LogP contribution in [0.1, 0.15) is 59.8 Å². The van der Waals surface area contributed by atoms with E-state index in [1.165, 1.54) is 24.6 Å². The van der Waals surface area contributed by atoms with Gasteiger partial charge in [0.05, 0.1) is 10.8 Å². The minimum absolute atomic E-state index is 0.195. The predicted octanol–water partition coefficient (Wildman–Crippen LogP) is 3.83. The monoisotopic (exact) mass is 408 g/mol. The summed E-state index contributed by atoms with van der Waals surface area (Å²) in [4.78, 5) is 28.5. The van der Waals surface area contributed by atoms with Gasteiger partial charge in [0.1, 0.15) is 11.1 Å². The van der Waals surface area contributed by atoms with Crippen LogP contribution in [0, 0.1) is 11.3 Å². The zero-order valence-electron chi connectivity index (χ0n) is 16.4. The first-order valence-corrected chi connectivity index (χ1v) is 10.7. The molecule has 3 N–H and O–H groups in total. The lowest BCUT2D eigenvalue weighted by Crippen LogP contribution is -2.23. The molecule has 1 heterocycles. The van der Waals surface area contributed by atoms with Crippen LogP contribution in [-0.4, -0.2) is 22.0 Å². The van der Waals surface area contributed by atoms with Gasteiger partial charge in [-0.05, 0) is 68.5 Å². The Kier molecular flexibility index (Phi) is 6.89. The maximum Gasteiger partial charge on any atom is 0.248 e. The summed E-state index contributed by atoms with van der Waals surface area (Å²) in [6.07, 6.45) is 6.53. The number of aryl methyl sites for hydroxylation is 2. The van der Waals surface area contributed by atoms with E-state index in [-0.39, 0.29) is 5.91 Å². The third-order valence-corrected chi connectivity index (χ3v) is 6.08. The van der Waals surface area contributed by atoms with Gasteiger partial charge in [-0.1, -0.05) is 24.6 Å². The quantitative estimate of drug-likeness (QED) is 0.731. The molecule has 1 aromatic carbocycles. The molecule has 3 rings (SSSR count). The molecule has 1 aliphatic rings. The number of fused-ring (bicyclic) bond motifs is 1. The summed E-state index contributed by atoms with van der Waals surface area (Å²) in [5, 5.41) is 12.6. The van der Waals surface area contributed by atoms with Crippen LogP contribution in [0.25, 0.3) is 0 Å². The molecule has 6 nitrogen and oxygen atoms in total. The number of hydrogen-bond donors (Lipinski definition) is 2. The molecule has 0 saturated carbocycles. The molecule has 0 radical (unpaired) electrons. The van der Waals surface area contributed by atoms with Crippen LogP contribution in [0.3, 0.4) is 0 Å². The Bertz CT molecular complexity index is 951. The SMILES string of the molecule is CC(Sc1nc2c(cc1C#N)CCCCCC2)C(=O)Nc1ccc(C(N)=O)cc1. The Morgan fingerprint density at radius 2 is 1.86 bits per heavy atom. The summed E-state index contributed by atoms with van der Waals surface area (Å²) < 4.78 is 0. The van der Waals surface area contributed by atoms with E-state index in [4.69, 9.17) is 10.7 Å². The van der Waals surface area contributed by atoms with Gasteiger partial charge in [-0.25, -0.2) is 4.98 Å². The predicted molar refractivity (Wildman–Crippen MR) is 114 cm³/mol. The van der Waals surface area contributed by atoms with E-state index in [1.54, 1.807) is 31.2 Å². The standard InChI is InChI=1S/C22H24N4O2S/c1-14(21(28)25-18-10-8-15(9-11-18)20(24)27)29-22-17(13-23)12-16-6-4-2-3-5-7-19(16)26-22/h8-12,14H,2-7H2,1H3,(H2,24,27)(H,25,28). The van der Waals surface area contributed by atoms with E-state index in [2.05, 4.69) is 11.4 Å². The molecule has 1 aromatic heterocycles. The number of amides is 2. The normalized spacial score (nSPS) is 14.6. The van der Waals surface area contributed by atoms with Gasteiger partial charge < -0.3 is 11.1 Å². The fraction of sp³-hybridized carbons (Fsp3) is 0.364. The number of aromatic nitrogens is 1. The van der Waals surface area contributed by atoms with E-state index >= 15 is 0 Å². The Morgan fingerprint density at radius 3 is 2.52 bits per heavy atom. The lowest BCUT2D eigenvalue weighted by molar-refractivity contribution is -0.115. The number of thioether (sulfide) groups is 1. The van der Waals surface area contributed by atoms with Crippen molar-refractivity contribution in [2.75, 3.05) is 5.32 Å². The smallest absolute Gasteiger partial charge is 0.248 e. The number of carbonyl (C=O) groups is 2. The molecule has 150 valence electrons. The van der Waals surface area contributed by atoms with E-state index in [0.29, 0.717) is 21.8 Å². The Labute approximate surface area is 174 Å². The second-order valence-electron chi connectivity index (χ2n) is 7.16. The van der Waals surface area contributed by atoms with E-state index < -0.39 is 11.2 Å². The van der Waals surface area contributed by atoms with Crippen LogP contribution >= 0.6 is 11.8 Å². The van der Waals surface area contributed by atoms with Crippen molar-refractivity contribution in [1.82, 2.24) is 4.98 Å². The molecule has 0 bridgehead atoms. The molecule has 0 fully saturated rings. The minimum Gasteiger partial charge on any atom is -0.366 e. The second-order valence-corrected chi connectivity index (χ2v) is 8.49. The van der Waals surface area contributed by atoms with Crippen molar-refractivity contribution >= 4 is 29.3 Å². The van der Waals surface area contributed by atoms with Crippen LogP contribution in [-0.2, 0) is 17.6 Å². The van der Waals surface area contributed by atoms with Crippen molar-refractivity contribution in [1.29, 1.82) is 5.26 Å². The molecule has 7 heteroatoms. The first-order valence-electron chi connectivity index (χ1n) is 9.78. The molecule has 29 heavy (non-hydrogen) atoms. The summed E-state index contributed by atoms with van der Waals surface area (Å²) in [7, 11) is 0. The van der Waals surface area contributed by atoms with E-state index in [1.807, 2.05) is 6.07 Å². The highest BCUT2D eigenvalue weighted by Crippen LogP contribution is 2.29. The number of anilines is 1. The van der Waals surface area contributed by atoms with Gasteiger partial charge in [-0.15, -0.1) is 0 Å². The van der Waals surface area contributed by atoms with Crippen molar-refractivity contribution in [2.24, 2.45) is 5.73 Å². The van der Waals surface area contributed by atoms with Gasteiger partial charge in [0.2, 0.25) is 11.8 Å². The van der Waals surface area contributed by atoms with Gasteiger partial charge in [0, 0.05) is 16.9 Å². The van der Waals surface area contributed by atoms with Crippen molar-refractivity contribution in [3.05, 3.63) is 52.7 Å². The molecule has 2 aromatic rings. The van der Waals surface area contributed by atoms with E-state index in [9.17, 15) is 14.9 Å². The average molecular weight is 409 g/mol. The Balaban J connectivity index is 1.72. The van der Waals surface area contributed by atoms with Crippen molar-refractivity contribution < 1.29 is 9.59 Å². The molecular formula is C22H24N4O2S. The number of nitrogens with zero attached hydrogens (tertiary/aromatic N) is 2. The van der Waals surface area contributed by atoms with Crippen molar-refractivity contribution in [2.45, 2.75) is 55.7 Å². The maximum absolute atomic E-state index is 12.6. The molecule has 1 atom stereocenters. The highest BCUT2D eigenvalue weighted by molar-refractivity contribution is 8.00. The van der Waals surface area contributed by atoms with E-state index in [0.717, 1.165) is 36.9 Å². The van der Waals surface area contributed by atoms with Crippen molar-refractivity contribution in [3.8, 4) is 6.07 Å². The number of pyridine rings is 1. The average Bonchev–Trinajstić information content (AvgIpc) is 2.69. The summed E-state index contributed by atoms with van der Waals surface area (Å²) in [6.45, 7) is 1.79. The third kappa shape index (κ3) is 5.36. The maximum atomic E-state index is 12.6. The highest BCUT2D eigenvalue weighted by Gasteiger charge is 2.20. The topological polar surface area (TPSA) is 109 Å². The first kappa shape index (κ1) is 20.9. The summed E-state index contributed by atoms with van der Waals surface area (Å²) in [5.41, 5.74) is 8.94. The lowest BCUT2D eigenvalue weighted by atomic mass is 9.96. The fourth-order valence-corrected chi connectivity index (χ4v) is 4.22. The Hall–Kier alpha value is -2.85. The number of hydrogen-bond acceptors (Lipinski definition) is 5. The molecule has 0 spiro atoms. The summed E-state index contributed by atoms with van der Waals surface area (Å²) in [5.74, 6) is -0.708. The number of nitrogens with one attached hydrogen (secondary N) is 1. The van der Waals surface area contributed by atoms with Gasteiger partial charge >= 0.3 is 0 Å². The molecular weight excluding hydrogens is 384 g/mol. The lowest BCUT2D eigenvalue weighted by Gasteiger charge is -2.17. The van der Waals surface area contributed by atoms with Gasteiger partial charge in [-0.3, -0.25) is 9.59 Å². The zero-order valence-corrected chi connectivity index (χ0v) is 17.2. The molecule has 1 aliphatic carbocycles. The number of nitrogens with two attached hydrogens (primary N) is 1. The van der Waals surface area contributed by atoms with Gasteiger partial charge in [0.25, 0.3) is 0 Å². The number of nitriles is 1. The van der Waals surface area contributed by atoms with Crippen LogP contribution in [0.2, 0.25) is 0 Å². The summed E-state index contributed by atoms with van der Waals surface area (Å²) in [6, 6.07) is 10.6. The van der Waals surface area contributed by atoms with Crippen molar-refractivity contribution in [3.63, 3.8) is 0 Å². The molecule has 2 amide bonds. The first-order chi connectivity index (χ1) is 14.0. The molecule has 0 saturated heterocycles. The number of carbonyl (C=O) groups excluding carboxylic acids is 2. The number of primary amides is 1. The van der Waals surface area contributed by atoms with Crippen LogP contribution < -0.4 is 11.1 Å². The minimum atomic E-state index is -0.513. The number of rotatable bonds is 5. The number of benzene rings is 1. The molecule has 0 aliphatic heterocycles. The van der Waals surface area contributed by atoms with Crippen LogP contribution in [0.15, 0.2) is 35.4 Å². The van der Waals surface area contributed by atoms with Gasteiger partial charge in [0.15, 0.2) is 0 Å². The highest BCUT2D eigenvalue weighted by atomic mass is 32.2. The zero-order chi connectivity index (χ0) is 20.8. The van der Waals surface area contributed by atoms with Crippen LogP contribution in [0.4, 0.5) is 5.69 Å². The summed E-state index contributed by atoms with van der Waals surface area (Å²) >= 11 is 1.30. The third-order valence-electron chi connectivity index (χ3n) is 4.98. The second kappa shape index (κ2) is 9.57. The van der Waals surface area contributed by atoms with Crippen LogP contribution in [0.5, 0.6) is 0 Å². The fourth-order valence-electron chi connectivity index (χ4n) is 3.32. The largest absolute Gasteiger partial charge is 0.366 e. The Morgan fingerprint density at radius 1 is 1.17 bits per heavy atom.